The van der Waals surface area contributed by atoms with Gasteiger partial charge in [0.05, 0.1) is 7.11 Å². The molecule has 1 aromatic carbocycles. The highest BCUT2D eigenvalue weighted by atomic mass is 16.6. The number of nitrogens with zero attached hydrogens (tertiary/aromatic N) is 1. The quantitative estimate of drug-likeness (QED) is 0.512. The number of benzene rings is 1. The van der Waals surface area contributed by atoms with Crippen LogP contribution in [0.4, 0.5) is 4.79 Å². The van der Waals surface area contributed by atoms with Gasteiger partial charge >= 0.3 is 12.1 Å². The van der Waals surface area contributed by atoms with Crippen LogP contribution < -0.4 is 10.6 Å². The van der Waals surface area contributed by atoms with E-state index in [9.17, 15) is 24.3 Å². The van der Waals surface area contributed by atoms with Crippen LogP contribution in [0.25, 0.3) is 0 Å². The van der Waals surface area contributed by atoms with E-state index in [2.05, 4.69) is 15.4 Å². The van der Waals surface area contributed by atoms with Gasteiger partial charge in [0.1, 0.15) is 30.5 Å². The zero-order chi connectivity index (χ0) is 24.1. The van der Waals surface area contributed by atoms with Crippen molar-refractivity contribution in [1.29, 1.82) is 0 Å². The number of phenolic OH excluding ortho intramolecular Hbond substituents is 1. The zero-order valence-electron chi connectivity index (χ0n) is 19.0. The first-order valence-electron chi connectivity index (χ1n) is 10.3. The summed E-state index contributed by atoms with van der Waals surface area (Å²) in [6, 6.07) is 4.70. The average molecular weight is 450 g/mol. The van der Waals surface area contributed by atoms with E-state index in [-0.39, 0.29) is 23.3 Å². The molecule has 32 heavy (non-hydrogen) atoms. The van der Waals surface area contributed by atoms with Gasteiger partial charge in [0, 0.05) is 11.6 Å². The van der Waals surface area contributed by atoms with Crippen LogP contribution >= 0.6 is 0 Å². The summed E-state index contributed by atoms with van der Waals surface area (Å²) in [5.74, 6) is -1.87. The summed E-state index contributed by atoms with van der Waals surface area (Å²) in [5.41, 5.74) is -0.524. The van der Waals surface area contributed by atoms with Gasteiger partial charge in [0.2, 0.25) is 11.8 Å². The second-order valence-electron chi connectivity index (χ2n) is 8.69. The fraction of sp³-hybridized carbons (Fsp3) is 0.545. The van der Waals surface area contributed by atoms with Gasteiger partial charge in [0.15, 0.2) is 0 Å². The first-order chi connectivity index (χ1) is 14.9. The Morgan fingerprint density at radius 2 is 1.78 bits per heavy atom. The van der Waals surface area contributed by atoms with Crippen LogP contribution in [0.2, 0.25) is 0 Å². The Bertz CT molecular complexity index is 865. The molecule has 0 heterocycles. The van der Waals surface area contributed by atoms with E-state index in [0.717, 1.165) is 0 Å². The molecule has 0 radical (unpaired) electrons. The predicted octanol–water partition coefficient (Wildman–Crippen LogP) is 1.48. The molecule has 3 N–H and O–H groups in total. The maximum absolute atomic E-state index is 13.2. The third-order valence-electron chi connectivity index (χ3n) is 4.89. The maximum atomic E-state index is 13.2. The van der Waals surface area contributed by atoms with Crippen LogP contribution in [-0.4, -0.2) is 65.7 Å². The van der Waals surface area contributed by atoms with Crippen LogP contribution in [0.15, 0.2) is 24.3 Å². The van der Waals surface area contributed by atoms with Gasteiger partial charge in [-0.05, 0) is 39.2 Å². The third-order valence-corrected chi connectivity index (χ3v) is 4.89. The van der Waals surface area contributed by atoms with Gasteiger partial charge in [-0.3, -0.25) is 14.4 Å². The molecule has 0 aliphatic heterocycles. The van der Waals surface area contributed by atoms with Crippen molar-refractivity contribution in [2.75, 3.05) is 20.2 Å². The lowest BCUT2D eigenvalue weighted by Gasteiger charge is -2.32. The molecule has 0 saturated heterocycles. The summed E-state index contributed by atoms with van der Waals surface area (Å²) in [4.78, 5) is 51.1. The molecule has 1 aliphatic rings. The summed E-state index contributed by atoms with van der Waals surface area (Å²) in [7, 11) is 1.19. The molecule has 3 amide bonds. The summed E-state index contributed by atoms with van der Waals surface area (Å²) in [6.07, 6.45) is -0.101. The minimum absolute atomic E-state index is 0.127. The Balaban J connectivity index is 2.29. The Morgan fingerprint density at radius 3 is 2.31 bits per heavy atom. The van der Waals surface area contributed by atoms with E-state index in [1.807, 2.05) is 6.92 Å². The second kappa shape index (κ2) is 10.3. The fourth-order valence-corrected chi connectivity index (χ4v) is 3.23. The van der Waals surface area contributed by atoms with Crippen LogP contribution in [0.5, 0.6) is 5.75 Å². The van der Waals surface area contributed by atoms with Gasteiger partial charge in [-0.2, -0.15) is 0 Å². The average Bonchev–Trinajstić information content (AvgIpc) is 3.43. The Morgan fingerprint density at radius 1 is 1.16 bits per heavy atom. The van der Waals surface area contributed by atoms with Gasteiger partial charge in [-0.1, -0.05) is 25.1 Å². The normalized spacial score (nSPS) is 18.2. The fourth-order valence-electron chi connectivity index (χ4n) is 3.23. The molecule has 3 unspecified atom stereocenters. The molecular weight excluding hydrogens is 418 g/mol. The molecule has 0 bridgehead atoms. The number of aromatic hydroxyl groups is 1. The number of carbonyl (C=O) groups is 4. The molecule has 0 spiro atoms. The zero-order valence-corrected chi connectivity index (χ0v) is 19.0. The number of amides is 3. The number of methoxy groups -OCH3 is 1. The maximum Gasteiger partial charge on any atom is 0.408 e. The first-order valence-corrected chi connectivity index (χ1v) is 10.3. The lowest BCUT2D eigenvalue weighted by Crippen LogP contribution is -2.49. The number of hydrogen-bond donors (Lipinski definition) is 3. The molecule has 1 aliphatic carbocycles. The van der Waals surface area contributed by atoms with Crippen molar-refractivity contribution in [3.8, 4) is 5.75 Å². The van der Waals surface area contributed by atoms with Gasteiger partial charge < -0.3 is 30.1 Å². The topological polar surface area (TPSA) is 134 Å². The summed E-state index contributed by atoms with van der Waals surface area (Å²) in [5, 5.41) is 15.3. The Labute approximate surface area is 187 Å². The Kier molecular flexibility index (Phi) is 8.07. The van der Waals surface area contributed by atoms with E-state index in [0.29, 0.717) is 6.42 Å². The largest absolute Gasteiger partial charge is 0.508 e. The highest BCUT2D eigenvalue weighted by Gasteiger charge is 2.47. The molecule has 1 saturated carbocycles. The van der Waals surface area contributed by atoms with E-state index in [1.165, 1.54) is 24.1 Å². The number of carbonyl (C=O) groups excluding carboxylic acids is 4. The van der Waals surface area contributed by atoms with E-state index in [4.69, 9.17) is 4.74 Å². The second-order valence-corrected chi connectivity index (χ2v) is 8.69. The standard InChI is InChI=1S/C22H31N3O7/c1-13-10-15(13)25(17(27)11-24-21(30)32-22(2,3)4)19(14-8-6-7-9-16(14)26)20(29)23-12-18(28)31-5/h6-9,13,15,19,26H,10-12H2,1-5H3,(H,23,29)(H,24,30). The van der Waals surface area contributed by atoms with Gasteiger partial charge in [-0.25, -0.2) is 4.79 Å². The molecule has 2 rings (SSSR count). The molecule has 10 heteroatoms. The van der Waals surface area contributed by atoms with Crippen molar-refractivity contribution < 1.29 is 33.8 Å². The summed E-state index contributed by atoms with van der Waals surface area (Å²) in [6.45, 7) is 6.25. The number of nitrogens with one attached hydrogen (secondary N) is 2. The van der Waals surface area contributed by atoms with Crippen molar-refractivity contribution in [2.45, 2.75) is 51.8 Å². The van der Waals surface area contributed by atoms with Crippen LogP contribution in [-0.2, 0) is 23.9 Å². The predicted molar refractivity (Wildman–Crippen MR) is 115 cm³/mol. The lowest BCUT2D eigenvalue weighted by atomic mass is 10.0. The molecule has 1 fully saturated rings. The van der Waals surface area contributed by atoms with Crippen molar-refractivity contribution >= 4 is 23.9 Å². The van der Waals surface area contributed by atoms with Crippen molar-refractivity contribution in [1.82, 2.24) is 15.5 Å². The summed E-state index contributed by atoms with van der Waals surface area (Å²) < 4.78 is 9.72. The SMILES string of the molecule is COC(=O)CNC(=O)C(c1ccccc1O)N(C(=O)CNC(=O)OC(C)(C)C)C1CC1C. The number of para-hydroxylation sites is 1. The number of ether oxygens (including phenoxy) is 2. The number of esters is 1. The molecule has 1 aromatic rings. The number of hydrogen-bond acceptors (Lipinski definition) is 7. The molecular formula is C22H31N3O7. The smallest absolute Gasteiger partial charge is 0.408 e. The molecule has 176 valence electrons. The van der Waals surface area contributed by atoms with Crippen LogP contribution in [0, 0.1) is 5.92 Å². The van der Waals surface area contributed by atoms with Gasteiger partial charge in [-0.15, -0.1) is 0 Å². The molecule has 0 aromatic heterocycles. The monoisotopic (exact) mass is 449 g/mol. The number of phenols is 1. The van der Waals surface area contributed by atoms with Gasteiger partial charge in [0.25, 0.3) is 0 Å². The van der Waals surface area contributed by atoms with Crippen molar-refractivity contribution in [3.63, 3.8) is 0 Å². The third kappa shape index (κ3) is 6.86. The van der Waals surface area contributed by atoms with Crippen LogP contribution in [0.3, 0.4) is 0 Å². The van der Waals surface area contributed by atoms with Crippen molar-refractivity contribution in [2.24, 2.45) is 5.92 Å². The van der Waals surface area contributed by atoms with Crippen molar-refractivity contribution in [3.05, 3.63) is 29.8 Å². The Hall–Kier alpha value is -3.30. The molecule has 3 atom stereocenters. The van der Waals surface area contributed by atoms with E-state index < -0.39 is 48.6 Å². The minimum Gasteiger partial charge on any atom is -0.508 e. The first kappa shape index (κ1) is 25.0. The minimum atomic E-state index is -1.20. The van der Waals surface area contributed by atoms with E-state index >= 15 is 0 Å². The van der Waals surface area contributed by atoms with Crippen LogP contribution in [0.1, 0.15) is 45.7 Å². The molecule has 10 nitrogen and oxygen atoms in total. The lowest BCUT2D eigenvalue weighted by molar-refractivity contribution is -0.144. The highest BCUT2D eigenvalue weighted by Crippen LogP contribution is 2.41. The summed E-state index contributed by atoms with van der Waals surface area (Å²) >= 11 is 0. The number of rotatable bonds is 8. The highest BCUT2D eigenvalue weighted by molar-refractivity contribution is 5.92. The number of alkyl carbamates (subject to hydrolysis) is 1. The van der Waals surface area contributed by atoms with E-state index in [1.54, 1.807) is 32.9 Å².